The van der Waals surface area contributed by atoms with Gasteiger partial charge in [-0.1, -0.05) is 20.8 Å². The number of carbonyl (C=O) groups is 2. The molecule has 2 rings (SSSR count). The van der Waals surface area contributed by atoms with Gasteiger partial charge >= 0.3 is 6.09 Å². The van der Waals surface area contributed by atoms with Gasteiger partial charge < -0.3 is 19.9 Å². The molecule has 0 saturated carbocycles. The Bertz CT molecular complexity index is 467. The predicted molar refractivity (Wildman–Crippen MR) is 103 cm³/mol. The van der Waals surface area contributed by atoms with Crippen molar-refractivity contribution in [3.8, 4) is 0 Å². The smallest absolute Gasteiger partial charge is 0.409 e. The second-order valence-electron chi connectivity index (χ2n) is 8.86. The van der Waals surface area contributed by atoms with Gasteiger partial charge in [0.05, 0.1) is 6.61 Å². The monoisotopic (exact) mass is 367 g/mol. The van der Waals surface area contributed by atoms with E-state index in [1.165, 1.54) is 0 Å². The molecule has 1 atom stereocenters. The highest BCUT2D eigenvalue weighted by molar-refractivity contribution is 5.78. The molecule has 0 radical (unpaired) electrons. The van der Waals surface area contributed by atoms with Crippen LogP contribution in [0.3, 0.4) is 0 Å². The van der Waals surface area contributed by atoms with E-state index in [-0.39, 0.29) is 23.3 Å². The summed E-state index contributed by atoms with van der Waals surface area (Å²) < 4.78 is 5.13. The fraction of sp³-hybridized carbons (Fsp3) is 0.900. The lowest BCUT2D eigenvalue weighted by molar-refractivity contribution is -0.127. The molecule has 2 aliphatic rings. The summed E-state index contributed by atoms with van der Waals surface area (Å²) >= 11 is 0. The van der Waals surface area contributed by atoms with E-state index in [9.17, 15) is 9.59 Å². The normalized spacial score (nSPS) is 23.4. The number of ether oxygens (including phenoxy) is 1. The molecule has 2 saturated heterocycles. The molecule has 6 nitrogen and oxygen atoms in total. The number of hydrogen-bond donors (Lipinski definition) is 1. The van der Waals surface area contributed by atoms with Crippen LogP contribution in [0.15, 0.2) is 0 Å². The van der Waals surface area contributed by atoms with Gasteiger partial charge in [-0.25, -0.2) is 4.79 Å². The number of carbonyl (C=O) groups excluding carboxylic acids is 2. The van der Waals surface area contributed by atoms with Gasteiger partial charge in [0, 0.05) is 31.6 Å². The highest BCUT2D eigenvalue weighted by atomic mass is 16.6. The van der Waals surface area contributed by atoms with Crippen molar-refractivity contribution in [2.24, 2.45) is 11.3 Å². The lowest BCUT2D eigenvalue weighted by atomic mass is 9.92. The summed E-state index contributed by atoms with van der Waals surface area (Å²) in [5.41, 5.74) is 0.126. The Hall–Kier alpha value is -1.30. The molecule has 0 aromatic carbocycles. The molecule has 150 valence electrons. The van der Waals surface area contributed by atoms with Gasteiger partial charge in [0.15, 0.2) is 0 Å². The molecular formula is C20H37N3O3. The fourth-order valence-electron chi connectivity index (χ4n) is 3.86. The number of rotatable bonds is 4. The molecule has 1 N–H and O–H groups in total. The highest BCUT2D eigenvalue weighted by Crippen LogP contribution is 2.24. The van der Waals surface area contributed by atoms with Crippen molar-refractivity contribution in [2.45, 2.75) is 65.8 Å². The maximum absolute atomic E-state index is 12.4. The van der Waals surface area contributed by atoms with Crippen molar-refractivity contribution in [1.82, 2.24) is 15.1 Å². The van der Waals surface area contributed by atoms with Crippen molar-refractivity contribution in [3.63, 3.8) is 0 Å². The summed E-state index contributed by atoms with van der Waals surface area (Å²) in [6.45, 7) is 13.0. The minimum Gasteiger partial charge on any atom is -0.450 e. The van der Waals surface area contributed by atoms with Crippen LogP contribution in [-0.2, 0) is 9.53 Å². The Labute approximate surface area is 158 Å². The van der Waals surface area contributed by atoms with E-state index >= 15 is 0 Å². The molecule has 2 amide bonds. The number of likely N-dealkylation sites (tertiary alicyclic amines) is 2. The maximum Gasteiger partial charge on any atom is 0.409 e. The average molecular weight is 368 g/mol. The van der Waals surface area contributed by atoms with Crippen LogP contribution in [0.25, 0.3) is 0 Å². The maximum atomic E-state index is 12.4. The molecule has 6 heteroatoms. The van der Waals surface area contributed by atoms with Gasteiger partial charge in [-0.15, -0.1) is 0 Å². The molecule has 0 aliphatic carbocycles. The second kappa shape index (κ2) is 9.58. The number of nitrogens with zero attached hydrogens (tertiary/aromatic N) is 2. The first-order valence-corrected chi connectivity index (χ1v) is 10.2. The van der Waals surface area contributed by atoms with Crippen LogP contribution in [0.4, 0.5) is 4.79 Å². The Balaban J connectivity index is 1.75. The van der Waals surface area contributed by atoms with Crippen LogP contribution in [-0.4, -0.2) is 67.2 Å². The minimum absolute atomic E-state index is 0.126. The molecule has 2 heterocycles. The van der Waals surface area contributed by atoms with Crippen LogP contribution in [0.5, 0.6) is 0 Å². The van der Waals surface area contributed by atoms with E-state index in [4.69, 9.17) is 4.74 Å². The van der Waals surface area contributed by atoms with Gasteiger partial charge in [-0.3, -0.25) is 4.79 Å². The van der Waals surface area contributed by atoms with Gasteiger partial charge in [0.2, 0.25) is 5.91 Å². The van der Waals surface area contributed by atoms with Gasteiger partial charge in [-0.2, -0.15) is 0 Å². The molecule has 26 heavy (non-hydrogen) atoms. The molecule has 0 aromatic rings. The van der Waals surface area contributed by atoms with Crippen molar-refractivity contribution >= 4 is 12.0 Å². The lowest BCUT2D eigenvalue weighted by Crippen LogP contribution is -2.46. The Morgan fingerprint density at radius 3 is 2.35 bits per heavy atom. The van der Waals surface area contributed by atoms with Crippen LogP contribution in [0.2, 0.25) is 0 Å². The first-order valence-electron chi connectivity index (χ1n) is 10.2. The molecule has 2 fully saturated rings. The number of nitrogens with one attached hydrogen (secondary N) is 1. The first kappa shape index (κ1) is 21.0. The van der Waals surface area contributed by atoms with Crippen molar-refractivity contribution in [1.29, 1.82) is 0 Å². The SMILES string of the molecule is CCOC(=O)N1CCCC(N2CCC(C(=O)NCC(C)(C)C)CC2)CC1. The predicted octanol–water partition coefficient (Wildman–Crippen LogP) is 2.87. The molecule has 2 aliphatic heterocycles. The van der Waals surface area contributed by atoms with E-state index in [1.54, 1.807) is 0 Å². The molecule has 0 spiro atoms. The Kier molecular flexibility index (Phi) is 7.74. The number of amides is 2. The summed E-state index contributed by atoms with van der Waals surface area (Å²) in [5, 5.41) is 3.11. The third-order valence-electron chi connectivity index (χ3n) is 5.43. The average Bonchev–Trinajstić information content (AvgIpc) is 2.85. The van der Waals surface area contributed by atoms with Crippen molar-refractivity contribution in [2.75, 3.05) is 39.3 Å². The van der Waals surface area contributed by atoms with Crippen molar-refractivity contribution in [3.05, 3.63) is 0 Å². The molecule has 0 bridgehead atoms. The third kappa shape index (κ3) is 6.45. The Morgan fingerprint density at radius 2 is 1.73 bits per heavy atom. The Morgan fingerprint density at radius 1 is 1.04 bits per heavy atom. The summed E-state index contributed by atoms with van der Waals surface area (Å²) in [6, 6.07) is 0.521. The summed E-state index contributed by atoms with van der Waals surface area (Å²) in [5.74, 6) is 0.365. The third-order valence-corrected chi connectivity index (χ3v) is 5.43. The number of hydrogen-bond acceptors (Lipinski definition) is 4. The van der Waals surface area contributed by atoms with E-state index in [0.29, 0.717) is 12.6 Å². The van der Waals surface area contributed by atoms with Gasteiger partial charge in [0.25, 0.3) is 0 Å². The van der Waals surface area contributed by atoms with E-state index in [2.05, 4.69) is 31.0 Å². The topological polar surface area (TPSA) is 61.9 Å². The van der Waals surface area contributed by atoms with E-state index in [1.807, 2.05) is 11.8 Å². The zero-order chi connectivity index (χ0) is 19.2. The highest BCUT2D eigenvalue weighted by Gasteiger charge is 2.31. The van der Waals surface area contributed by atoms with Crippen molar-refractivity contribution < 1.29 is 14.3 Å². The minimum atomic E-state index is -0.178. The fourth-order valence-corrected chi connectivity index (χ4v) is 3.86. The van der Waals surface area contributed by atoms with E-state index < -0.39 is 0 Å². The quantitative estimate of drug-likeness (QED) is 0.830. The van der Waals surface area contributed by atoms with Crippen LogP contribution in [0.1, 0.15) is 59.8 Å². The van der Waals surface area contributed by atoms with Crippen LogP contribution >= 0.6 is 0 Å². The van der Waals surface area contributed by atoms with Gasteiger partial charge in [-0.05, 0) is 57.5 Å². The zero-order valence-corrected chi connectivity index (χ0v) is 17.1. The number of piperidine rings is 1. The molecular weight excluding hydrogens is 330 g/mol. The summed E-state index contributed by atoms with van der Waals surface area (Å²) in [7, 11) is 0. The standard InChI is InChI=1S/C20H37N3O3/c1-5-26-19(25)23-11-6-7-17(10-14-23)22-12-8-16(9-13-22)18(24)21-15-20(2,3)4/h16-17H,5-15H2,1-4H3,(H,21,24). The van der Waals surface area contributed by atoms with E-state index in [0.717, 1.165) is 64.8 Å². The second-order valence-corrected chi connectivity index (χ2v) is 8.86. The lowest BCUT2D eigenvalue weighted by Gasteiger charge is -2.37. The van der Waals surface area contributed by atoms with Crippen LogP contribution in [0, 0.1) is 11.3 Å². The molecule has 1 unspecified atom stereocenters. The molecule has 0 aromatic heterocycles. The largest absolute Gasteiger partial charge is 0.450 e. The first-order chi connectivity index (χ1) is 12.3. The van der Waals surface area contributed by atoms with Crippen LogP contribution < -0.4 is 5.32 Å². The summed E-state index contributed by atoms with van der Waals surface area (Å²) in [6.07, 6.45) is 4.84. The zero-order valence-electron chi connectivity index (χ0n) is 17.1. The summed E-state index contributed by atoms with van der Waals surface area (Å²) in [4.78, 5) is 28.7. The van der Waals surface area contributed by atoms with Gasteiger partial charge in [0.1, 0.15) is 0 Å².